The Morgan fingerprint density at radius 3 is 2.64 bits per heavy atom. The van der Waals surface area contributed by atoms with E-state index in [4.69, 9.17) is 23.2 Å². The molecule has 0 unspecified atom stereocenters. The van der Waals surface area contributed by atoms with Gasteiger partial charge in [0.05, 0.1) is 18.0 Å². The third-order valence-electron chi connectivity index (χ3n) is 5.71. The Morgan fingerprint density at radius 1 is 1.15 bits per heavy atom. The van der Waals surface area contributed by atoms with Crippen LogP contribution in [-0.4, -0.2) is 41.3 Å². The van der Waals surface area contributed by atoms with Crippen molar-refractivity contribution in [1.29, 1.82) is 0 Å². The SMILES string of the molecule is O=C(NCc1ccc(-n2ccnc2)cc1)[C@H]1CCCN(S(=O)(=O)Cc2ccc(Cl)cc2Cl)C1. The normalized spacial score (nSPS) is 17.1. The molecule has 2 aromatic carbocycles. The molecule has 174 valence electrons. The fraction of sp³-hybridized carbons (Fsp3) is 0.304. The van der Waals surface area contributed by atoms with Crippen LogP contribution in [0.25, 0.3) is 5.69 Å². The third-order valence-corrected chi connectivity index (χ3v) is 8.09. The highest BCUT2D eigenvalue weighted by Crippen LogP contribution is 2.26. The Labute approximate surface area is 203 Å². The first-order valence-corrected chi connectivity index (χ1v) is 12.9. The number of nitrogens with one attached hydrogen (secondary N) is 1. The van der Waals surface area contributed by atoms with Crippen LogP contribution in [0.2, 0.25) is 10.0 Å². The van der Waals surface area contributed by atoms with Crippen LogP contribution in [0.5, 0.6) is 0 Å². The Kier molecular flexibility index (Phi) is 7.38. The van der Waals surface area contributed by atoms with Crippen molar-refractivity contribution in [3.8, 4) is 5.69 Å². The lowest BCUT2D eigenvalue weighted by atomic mass is 9.99. The molecule has 0 spiro atoms. The second-order valence-corrected chi connectivity index (χ2v) is 10.9. The smallest absolute Gasteiger partial charge is 0.224 e. The second kappa shape index (κ2) is 10.3. The highest BCUT2D eigenvalue weighted by atomic mass is 35.5. The maximum atomic E-state index is 13.0. The van der Waals surface area contributed by atoms with E-state index in [2.05, 4.69) is 10.3 Å². The summed E-state index contributed by atoms with van der Waals surface area (Å²) in [5, 5.41) is 3.71. The Balaban J connectivity index is 1.34. The monoisotopic (exact) mass is 506 g/mol. The van der Waals surface area contributed by atoms with Gasteiger partial charge in [-0.25, -0.2) is 17.7 Å². The second-order valence-electron chi connectivity index (χ2n) is 8.04. The molecular formula is C23H24Cl2N4O3S. The molecule has 0 radical (unpaired) electrons. The summed E-state index contributed by atoms with van der Waals surface area (Å²) in [5.74, 6) is -0.752. The van der Waals surface area contributed by atoms with Gasteiger partial charge in [-0.15, -0.1) is 0 Å². The standard InChI is InChI=1S/C23H24Cl2N4O3S/c24-20-6-5-19(22(25)12-20)15-33(31,32)29-10-1-2-18(14-29)23(30)27-13-17-3-7-21(8-4-17)28-11-9-26-16-28/h3-9,11-12,16,18H,1-2,10,13-15H2,(H,27,30)/t18-/m0/s1. The maximum absolute atomic E-state index is 13.0. The van der Waals surface area contributed by atoms with E-state index in [1.165, 1.54) is 10.4 Å². The molecule has 0 bridgehead atoms. The average Bonchev–Trinajstić information content (AvgIpc) is 3.35. The highest BCUT2D eigenvalue weighted by molar-refractivity contribution is 7.88. The highest BCUT2D eigenvalue weighted by Gasteiger charge is 2.32. The fourth-order valence-corrected chi connectivity index (χ4v) is 6.06. The number of aromatic nitrogens is 2. The molecule has 33 heavy (non-hydrogen) atoms. The number of hydrogen-bond donors (Lipinski definition) is 1. The number of carbonyl (C=O) groups is 1. The summed E-state index contributed by atoms with van der Waals surface area (Å²) in [6.45, 7) is 0.943. The van der Waals surface area contributed by atoms with Crippen LogP contribution in [0.1, 0.15) is 24.0 Å². The molecule has 1 amide bonds. The molecule has 7 nitrogen and oxygen atoms in total. The molecule has 1 aliphatic rings. The first-order valence-electron chi connectivity index (χ1n) is 10.6. The predicted molar refractivity (Wildman–Crippen MR) is 129 cm³/mol. The molecule has 1 atom stereocenters. The number of nitrogens with zero attached hydrogens (tertiary/aromatic N) is 3. The van der Waals surface area contributed by atoms with Crippen molar-refractivity contribution in [2.24, 2.45) is 5.92 Å². The lowest BCUT2D eigenvalue weighted by molar-refractivity contribution is -0.126. The molecule has 1 fully saturated rings. The van der Waals surface area contributed by atoms with Gasteiger partial charge in [-0.2, -0.15) is 0 Å². The van der Waals surface area contributed by atoms with Gasteiger partial charge in [0.2, 0.25) is 15.9 Å². The molecule has 1 aromatic heterocycles. The summed E-state index contributed by atoms with van der Waals surface area (Å²) in [4.78, 5) is 16.8. The molecule has 3 aromatic rings. The van der Waals surface area contributed by atoms with Gasteiger partial charge in [0, 0.05) is 47.8 Å². The molecule has 1 saturated heterocycles. The van der Waals surface area contributed by atoms with Gasteiger partial charge in [0.25, 0.3) is 0 Å². The number of hydrogen-bond acceptors (Lipinski definition) is 4. The molecule has 1 N–H and O–H groups in total. The van der Waals surface area contributed by atoms with Gasteiger partial charge < -0.3 is 9.88 Å². The van der Waals surface area contributed by atoms with E-state index >= 15 is 0 Å². The number of sulfonamides is 1. The first-order chi connectivity index (χ1) is 15.8. The zero-order valence-corrected chi connectivity index (χ0v) is 20.2. The van der Waals surface area contributed by atoms with Crippen LogP contribution < -0.4 is 5.32 Å². The molecule has 1 aliphatic heterocycles. The number of piperidine rings is 1. The van der Waals surface area contributed by atoms with Gasteiger partial charge in [-0.3, -0.25) is 4.79 Å². The maximum Gasteiger partial charge on any atom is 0.224 e. The van der Waals surface area contributed by atoms with Crippen molar-refractivity contribution in [3.05, 3.63) is 82.4 Å². The summed E-state index contributed by atoms with van der Waals surface area (Å²) < 4.78 is 29.2. The minimum Gasteiger partial charge on any atom is -0.352 e. The number of carbonyl (C=O) groups excluding carboxylic acids is 1. The van der Waals surface area contributed by atoms with Crippen molar-refractivity contribution in [3.63, 3.8) is 0 Å². The fourth-order valence-electron chi connectivity index (χ4n) is 3.87. The van der Waals surface area contributed by atoms with Gasteiger partial charge >= 0.3 is 0 Å². The van der Waals surface area contributed by atoms with Crippen LogP contribution in [0.4, 0.5) is 0 Å². The van der Waals surface area contributed by atoms with E-state index < -0.39 is 10.0 Å². The Bertz CT molecular complexity index is 1220. The Morgan fingerprint density at radius 2 is 1.94 bits per heavy atom. The third kappa shape index (κ3) is 5.95. The van der Waals surface area contributed by atoms with Crippen molar-refractivity contribution in [1.82, 2.24) is 19.2 Å². The van der Waals surface area contributed by atoms with Crippen LogP contribution >= 0.6 is 23.2 Å². The average molecular weight is 507 g/mol. The van der Waals surface area contributed by atoms with E-state index in [1.807, 2.05) is 35.0 Å². The predicted octanol–water partition coefficient (Wildman–Crippen LogP) is 4.04. The van der Waals surface area contributed by atoms with Crippen LogP contribution in [0, 0.1) is 5.92 Å². The van der Waals surface area contributed by atoms with Crippen LogP contribution in [-0.2, 0) is 27.1 Å². The molecule has 4 rings (SSSR count). The van der Waals surface area contributed by atoms with E-state index in [1.54, 1.807) is 24.7 Å². The minimum atomic E-state index is -3.61. The van der Waals surface area contributed by atoms with Crippen LogP contribution in [0.15, 0.2) is 61.2 Å². The van der Waals surface area contributed by atoms with Gasteiger partial charge in [0.1, 0.15) is 0 Å². The minimum absolute atomic E-state index is 0.141. The van der Waals surface area contributed by atoms with Crippen molar-refractivity contribution in [2.75, 3.05) is 13.1 Å². The number of rotatable bonds is 7. The van der Waals surface area contributed by atoms with Gasteiger partial charge in [0.15, 0.2) is 0 Å². The Hall–Kier alpha value is -2.39. The summed E-state index contributed by atoms with van der Waals surface area (Å²) in [6, 6.07) is 12.6. The van der Waals surface area contributed by atoms with Gasteiger partial charge in [-0.1, -0.05) is 41.4 Å². The molecule has 10 heteroatoms. The van der Waals surface area contributed by atoms with E-state index in [9.17, 15) is 13.2 Å². The van der Waals surface area contributed by atoms with E-state index in [0.717, 1.165) is 11.3 Å². The number of halogens is 2. The summed E-state index contributed by atoms with van der Waals surface area (Å²) in [7, 11) is -3.61. The van der Waals surface area contributed by atoms with Gasteiger partial charge in [-0.05, 0) is 48.2 Å². The molecule has 0 saturated carbocycles. The summed E-state index contributed by atoms with van der Waals surface area (Å²) in [5.41, 5.74) is 2.44. The summed E-state index contributed by atoms with van der Waals surface area (Å²) >= 11 is 12.1. The molecular weight excluding hydrogens is 483 g/mol. The lowest BCUT2D eigenvalue weighted by Gasteiger charge is -2.31. The lowest BCUT2D eigenvalue weighted by Crippen LogP contribution is -2.45. The van der Waals surface area contributed by atoms with Crippen molar-refractivity contribution >= 4 is 39.1 Å². The molecule has 2 heterocycles. The van der Waals surface area contributed by atoms with E-state index in [-0.39, 0.29) is 24.1 Å². The van der Waals surface area contributed by atoms with E-state index in [0.29, 0.717) is 41.5 Å². The largest absolute Gasteiger partial charge is 0.352 e. The topological polar surface area (TPSA) is 84.3 Å². The quantitative estimate of drug-likeness (QED) is 0.523. The zero-order valence-electron chi connectivity index (χ0n) is 17.8. The van der Waals surface area contributed by atoms with Crippen molar-refractivity contribution in [2.45, 2.75) is 25.1 Å². The van der Waals surface area contributed by atoms with Crippen LogP contribution in [0.3, 0.4) is 0 Å². The summed E-state index contributed by atoms with van der Waals surface area (Å²) in [6.07, 6.45) is 6.58. The number of amides is 1. The zero-order chi connectivity index (χ0) is 23.4. The number of imidazole rings is 1. The number of benzene rings is 2. The molecule has 0 aliphatic carbocycles. The first kappa shape index (κ1) is 23.8. The van der Waals surface area contributed by atoms with Crippen molar-refractivity contribution < 1.29 is 13.2 Å².